The fourth-order valence-electron chi connectivity index (χ4n) is 2.75. The third kappa shape index (κ3) is 2.63. The van der Waals surface area contributed by atoms with Crippen LogP contribution in [0.25, 0.3) is 0 Å². The Labute approximate surface area is 118 Å². The first-order valence-corrected chi connectivity index (χ1v) is 7.09. The van der Waals surface area contributed by atoms with Crippen molar-refractivity contribution in [2.24, 2.45) is 13.0 Å². The third-order valence-corrected chi connectivity index (χ3v) is 3.95. The smallest absolute Gasteiger partial charge is 0.334 e. The Kier molecular flexibility index (Phi) is 4.27. The molecule has 1 saturated heterocycles. The predicted octanol–water partition coefficient (Wildman–Crippen LogP) is 1.49. The summed E-state index contributed by atoms with van der Waals surface area (Å²) in [5.41, 5.74) is 0.624. The molecule has 1 aromatic heterocycles. The Hall–Kier alpha value is -1.63. The molecule has 0 amide bonds. The summed E-state index contributed by atoms with van der Waals surface area (Å²) < 4.78 is 1.58. The summed E-state index contributed by atoms with van der Waals surface area (Å²) >= 11 is 0. The van der Waals surface area contributed by atoms with Gasteiger partial charge in [0.05, 0.1) is 11.0 Å². The molecule has 0 bridgehead atoms. The molecule has 1 fully saturated rings. The lowest BCUT2D eigenvalue weighted by atomic mass is 9.96. The summed E-state index contributed by atoms with van der Waals surface area (Å²) in [6.45, 7) is 5.11. The van der Waals surface area contributed by atoms with E-state index in [1.54, 1.807) is 11.7 Å². The minimum Gasteiger partial charge on any atom is -0.391 e. The van der Waals surface area contributed by atoms with Crippen LogP contribution in [0.15, 0.2) is 0 Å². The molecule has 0 spiro atoms. The highest BCUT2D eigenvalue weighted by atomic mass is 16.6. The quantitative estimate of drug-likeness (QED) is 0.668. The normalized spacial score (nSPS) is 23.1. The van der Waals surface area contributed by atoms with Gasteiger partial charge in [-0.05, 0) is 18.8 Å². The van der Waals surface area contributed by atoms with E-state index in [-0.39, 0.29) is 16.5 Å². The fourth-order valence-corrected chi connectivity index (χ4v) is 2.75. The zero-order valence-corrected chi connectivity index (χ0v) is 12.2. The van der Waals surface area contributed by atoms with Crippen molar-refractivity contribution in [2.45, 2.75) is 39.2 Å². The molecule has 7 heteroatoms. The lowest BCUT2D eigenvalue weighted by Crippen LogP contribution is -2.43. The van der Waals surface area contributed by atoms with Gasteiger partial charge in [0.1, 0.15) is 5.69 Å². The number of aromatic nitrogens is 2. The Morgan fingerprint density at radius 1 is 1.55 bits per heavy atom. The summed E-state index contributed by atoms with van der Waals surface area (Å²) in [5, 5.41) is 25.7. The van der Waals surface area contributed by atoms with Crippen LogP contribution in [0.2, 0.25) is 0 Å². The molecule has 2 unspecified atom stereocenters. The topological polar surface area (TPSA) is 84.4 Å². The molecular formula is C13H22N4O3. The van der Waals surface area contributed by atoms with Crippen LogP contribution in [0.1, 0.15) is 32.4 Å². The molecule has 2 heterocycles. The highest BCUT2D eigenvalue weighted by molar-refractivity contribution is 5.62. The second-order valence-electron chi connectivity index (χ2n) is 5.53. The van der Waals surface area contributed by atoms with Gasteiger partial charge in [0, 0.05) is 20.1 Å². The van der Waals surface area contributed by atoms with E-state index >= 15 is 0 Å². The summed E-state index contributed by atoms with van der Waals surface area (Å²) in [6.07, 6.45) is 1.79. The van der Waals surface area contributed by atoms with Gasteiger partial charge in [0.15, 0.2) is 0 Å². The average molecular weight is 282 g/mol. The van der Waals surface area contributed by atoms with E-state index in [9.17, 15) is 15.2 Å². The van der Waals surface area contributed by atoms with E-state index in [4.69, 9.17) is 0 Å². The Morgan fingerprint density at radius 3 is 2.80 bits per heavy atom. The minimum absolute atomic E-state index is 0.0936. The van der Waals surface area contributed by atoms with Crippen LogP contribution in [0.4, 0.5) is 11.5 Å². The van der Waals surface area contributed by atoms with Crippen LogP contribution < -0.4 is 4.90 Å². The van der Waals surface area contributed by atoms with Gasteiger partial charge in [-0.3, -0.25) is 10.1 Å². The van der Waals surface area contributed by atoms with Crippen molar-refractivity contribution < 1.29 is 10.0 Å². The second kappa shape index (κ2) is 5.78. The van der Waals surface area contributed by atoms with Crippen LogP contribution in [0.5, 0.6) is 0 Å². The number of aliphatic hydroxyl groups excluding tert-OH is 1. The van der Waals surface area contributed by atoms with Crippen LogP contribution in [0, 0.1) is 16.0 Å². The number of hydrogen-bond donors (Lipinski definition) is 1. The van der Waals surface area contributed by atoms with Gasteiger partial charge in [0.25, 0.3) is 0 Å². The molecule has 1 N–H and O–H groups in total. The summed E-state index contributed by atoms with van der Waals surface area (Å²) in [6, 6.07) is 0. The molecular weight excluding hydrogens is 260 g/mol. The summed E-state index contributed by atoms with van der Waals surface area (Å²) in [5.74, 6) is 0.748. The van der Waals surface area contributed by atoms with Crippen molar-refractivity contribution in [2.75, 3.05) is 18.0 Å². The van der Waals surface area contributed by atoms with Crippen LogP contribution >= 0.6 is 0 Å². The molecule has 0 aliphatic carbocycles. The van der Waals surface area contributed by atoms with E-state index in [1.165, 1.54) is 0 Å². The van der Waals surface area contributed by atoms with Crippen molar-refractivity contribution in [1.29, 1.82) is 0 Å². The van der Waals surface area contributed by atoms with Gasteiger partial charge in [-0.25, -0.2) is 4.68 Å². The molecule has 2 atom stereocenters. The SMILES string of the molecule is CCCc1nn(C)c(N2CCC(C)C(O)C2)c1[N+](=O)[O-]. The number of hydrogen-bond acceptors (Lipinski definition) is 5. The summed E-state index contributed by atoms with van der Waals surface area (Å²) in [7, 11) is 1.73. The number of piperidine rings is 1. The Bertz CT molecular complexity index is 500. The van der Waals surface area contributed by atoms with Crippen molar-refractivity contribution in [3.63, 3.8) is 0 Å². The second-order valence-corrected chi connectivity index (χ2v) is 5.53. The highest BCUT2D eigenvalue weighted by Gasteiger charge is 2.34. The molecule has 1 aliphatic heterocycles. The molecule has 0 saturated carbocycles. The lowest BCUT2D eigenvalue weighted by molar-refractivity contribution is -0.384. The summed E-state index contributed by atoms with van der Waals surface area (Å²) in [4.78, 5) is 12.9. The van der Waals surface area contributed by atoms with Gasteiger partial charge < -0.3 is 10.0 Å². The van der Waals surface area contributed by atoms with Crippen molar-refractivity contribution >= 4 is 11.5 Å². The maximum absolute atomic E-state index is 11.4. The van der Waals surface area contributed by atoms with E-state index in [2.05, 4.69) is 5.10 Å². The predicted molar refractivity (Wildman–Crippen MR) is 75.9 cm³/mol. The fraction of sp³-hybridized carbons (Fsp3) is 0.769. The van der Waals surface area contributed by atoms with Gasteiger partial charge in [-0.1, -0.05) is 20.3 Å². The molecule has 0 radical (unpaired) electrons. The standard InChI is InChI=1S/C13H22N4O3/c1-4-5-10-12(17(19)20)13(15(3)14-10)16-7-6-9(2)11(18)8-16/h9,11,18H,4-8H2,1-3H3. The molecule has 20 heavy (non-hydrogen) atoms. The monoisotopic (exact) mass is 282 g/mol. The van der Waals surface area contributed by atoms with Gasteiger partial charge in [0.2, 0.25) is 5.82 Å². The van der Waals surface area contributed by atoms with E-state index in [1.807, 2.05) is 18.7 Å². The van der Waals surface area contributed by atoms with Gasteiger partial charge in [-0.2, -0.15) is 5.10 Å². The number of rotatable bonds is 4. The van der Waals surface area contributed by atoms with E-state index in [0.29, 0.717) is 31.0 Å². The highest BCUT2D eigenvalue weighted by Crippen LogP contribution is 2.34. The number of aliphatic hydroxyl groups is 1. The molecule has 112 valence electrons. The number of aryl methyl sites for hydroxylation is 2. The Balaban J connectivity index is 2.37. The minimum atomic E-state index is -0.451. The first-order chi connectivity index (χ1) is 9.45. The van der Waals surface area contributed by atoms with Crippen molar-refractivity contribution in [3.8, 4) is 0 Å². The average Bonchev–Trinajstić information content (AvgIpc) is 2.70. The largest absolute Gasteiger partial charge is 0.391 e. The van der Waals surface area contributed by atoms with Crippen LogP contribution in [0.3, 0.4) is 0 Å². The molecule has 1 aromatic rings. The van der Waals surface area contributed by atoms with E-state index in [0.717, 1.165) is 12.8 Å². The van der Waals surface area contributed by atoms with E-state index < -0.39 is 6.10 Å². The van der Waals surface area contributed by atoms with Crippen molar-refractivity contribution in [3.05, 3.63) is 15.8 Å². The Morgan fingerprint density at radius 2 is 2.25 bits per heavy atom. The molecule has 1 aliphatic rings. The lowest BCUT2D eigenvalue weighted by Gasteiger charge is -2.34. The number of anilines is 1. The number of nitro groups is 1. The number of nitrogens with zero attached hydrogens (tertiary/aromatic N) is 4. The van der Waals surface area contributed by atoms with Crippen LogP contribution in [-0.2, 0) is 13.5 Å². The maximum Gasteiger partial charge on any atom is 0.334 e. The van der Waals surface area contributed by atoms with Gasteiger partial charge in [-0.15, -0.1) is 0 Å². The van der Waals surface area contributed by atoms with Crippen molar-refractivity contribution in [1.82, 2.24) is 9.78 Å². The number of β-amino-alcohol motifs (C(OH)–C–C–N with tert-alkyl or cyclic N) is 1. The first kappa shape index (κ1) is 14.8. The van der Waals surface area contributed by atoms with Gasteiger partial charge >= 0.3 is 5.69 Å². The first-order valence-electron chi connectivity index (χ1n) is 7.09. The maximum atomic E-state index is 11.4. The van der Waals surface area contributed by atoms with Crippen LogP contribution in [-0.4, -0.2) is 39.0 Å². The zero-order chi connectivity index (χ0) is 14.9. The molecule has 0 aromatic carbocycles. The molecule has 7 nitrogen and oxygen atoms in total. The zero-order valence-electron chi connectivity index (χ0n) is 12.2. The molecule has 2 rings (SSSR count). The third-order valence-electron chi connectivity index (χ3n) is 3.95.